The Kier molecular flexibility index (Phi) is 3.71. The molecule has 5 heteroatoms. The fraction of sp³-hybridized carbons (Fsp3) is 0.833. The molecular weight excluding hydrogens is 164 g/mol. The highest BCUT2D eigenvalue weighted by Gasteiger charge is 2.42. The van der Waals surface area contributed by atoms with Crippen LogP contribution in [0.2, 0.25) is 5.04 Å². The van der Waals surface area contributed by atoms with Crippen LogP contribution in [0.3, 0.4) is 0 Å². The normalized spacial score (nSPS) is 12.1. The molecule has 0 aliphatic heterocycles. The Balaban J connectivity index is 4.36. The van der Waals surface area contributed by atoms with Crippen molar-refractivity contribution in [3.8, 4) is 0 Å². The second-order valence-electron chi connectivity index (χ2n) is 2.63. The molecule has 4 nitrogen and oxygen atoms in total. The van der Waals surface area contributed by atoms with Crippen molar-refractivity contribution >= 4 is 15.3 Å². The minimum atomic E-state index is -1.70. The molecule has 11 heavy (non-hydrogen) atoms. The molecule has 0 aromatic heterocycles. The first kappa shape index (κ1) is 10.6. The number of carboxylic acid groups (broad SMARTS) is 1. The number of hydrogen-bond donors (Lipinski definition) is 1. The summed E-state index contributed by atoms with van der Waals surface area (Å²) in [7, 11) is 1.22. The third-order valence-electron chi connectivity index (χ3n) is 1.42. The zero-order valence-corrected chi connectivity index (χ0v) is 8.17. The van der Waals surface area contributed by atoms with Crippen LogP contribution in [-0.2, 0) is 13.6 Å². The molecule has 0 saturated heterocycles. The maximum atomic E-state index is 10.6. The van der Waals surface area contributed by atoms with E-state index in [0.29, 0.717) is 0 Å². The third-order valence-corrected chi connectivity index (χ3v) is 3.39. The largest absolute Gasteiger partial charge is 0.481 e. The molecule has 1 radical (unpaired) electrons. The standard InChI is InChI=1S/C6H13O4Si/c1-6(2,5(7)8)11(9-3)10-4/h1-4H3,(H,7,8). The van der Waals surface area contributed by atoms with Crippen LogP contribution in [0.25, 0.3) is 0 Å². The van der Waals surface area contributed by atoms with Crippen molar-refractivity contribution in [3.05, 3.63) is 0 Å². The third kappa shape index (κ3) is 2.28. The molecule has 0 aromatic carbocycles. The Morgan fingerprint density at radius 2 is 1.73 bits per heavy atom. The summed E-state index contributed by atoms with van der Waals surface area (Å²) >= 11 is 0. The smallest absolute Gasteiger partial charge is 0.402 e. The van der Waals surface area contributed by atoms with Gasteiger partial charge in [-0.1, -0.05) is 0 Å². The van der Waals surface area contributed by atoms with Gasteiger partial charge in [-0.2, -0.15) is 0 Å². The lowest BCUT2D eigenvalue weighted by molar-refractivity contribution is -0.140. The lowest BCUT2D eigenvalue weighted by Crippen LogP contribution is -2.38. The Bertz CT molecular complexity index is 142. The number of carboxylic acids is 1. The molecule has 0 rings (SSSR count). The van der Waals surface area contributed by atoms with Crippen LogP contribution in [0.1, 0.15) is 13.8 Å². The van der Waals surface area contributed by atoms with Gasteiger partial charge >= 0.3 is 15.3 Å². The van der Waals surface area contributed by atoms with Crippen molar-refractivity contribution in [2.75, 3.05) is 14.2 Å². The number of rotatable bonds is 4. The highest BCUT2D eigenvalue weighted by atomic mass is 28.3. The molecule has 0 saturated carbocycles. The van der Waals surface area contributed by atoms with Crippen LogP contribution in [0, 0.1) is 0 Å². The monoisotopic (exact) mass is 177 g/mol. The molecule has 0 spiro atoms. The quantitative estimate of drug-likeness (QED) is 0.640. The van der Waals surface area contributed by atoms with Crippen LogP contribution < -0.4 is 0 Å². The number of hydrogen-bond acceptors (Lipinski definition) is 3. The second kappa shape index (κ2) is 3.84. The van der Waals surface area contributed by atoms with Crippen LogP contribution in [0.4, 0.5) is 0 Å². The van der Waals surface area contributed by atoms with E-state index in [0.717, 1.165) is 0 Å². The fourth-order valence-electron chi connectivity index (χ4n) is 0.681. The summed E-state index contributed by atoms with van der Waals surface area (Å²) < 4.78 is 9.85. The van der Waals surface area contributed by atoms with Crippen molar-refractivity contribution in [1.29, 1.82) is 0 Å². The lowest BCUT2D eigenvalue weighted by atomic mass is 10.2. The molecule has 0 bridgehead atoms. The average molecular weight is 177 g/mol. The Morgan fingerprint density at radius 3 is 1.82 bits per heavy atom. The van der Waals surface area contributed by atoms with E-state index in [4.69, 9.17) is 14.0 Å². The number of aliphatic carboxylic acids is 1. The van der Waals surface area contributed by atoms with Gasteiger partial charge in [-0.25, -0.2) is 0 Å². The van der Waals surface area contributed by atoms with Crippen molar-refractivity contribution in [3.63, 3.8) is 0 Å². The molecule has 65 valence electrons. The highest BCUT2D eigenvalue weighted by molar-refractivity contribution is 6.53. The Morgan fingerprint density at radius 1 is 1.36 bits per heavy atom. The molecule has 0 amide bonds. The summed E-state index contributed by atoms with van der Waals surface area (Å²) in [6.45, 7) is 3.19. The molecule has 0 atom stereocenters. The first-order chi connectivity index (χ1) is 4.96. The van der Waals surface area contributed by atoms with Gasteiger partial charge in [0.2, 0.25) is 0 Å². The molecule has 0 unspecified atom stereocenters. The van der Waals surface area contributed by atoms with E-state index in [-0.39, 0.29) is 0 Å². The van der Waals surface area contributed by atoms with Crippen LogP contribution >= 0.6 is 0 Å². The summed E-state index contributed by atoms with van der Waals surface area (Å²) in [5.41, 5.74) is 0. The van der Waals surface area contributed by atoms with E-state index in [2.05, 4.69) is 0 Å². The van der Waals surface area contributed by atoms with Crippen LogP contribution in [0.5, 0.6) is 0 Å². The van der Waals surface area contributed by atoms with Crippen LogP contribution in [0.15, 0.2) is 0 Å². The van der Waals surface area contributed by atoms with Gasteiger partial charge in [-0.3, -0.25) is 4.79 Å². The average Bonchev–Trinajstić information content (AvgIpc) is 1.89. The number of carbonyl (C=O) groups is 1. The maximum absolute atomic E-state index is 10.6. The zero-order valence-electron chi connectivity index (χ0n) is 7.17. The molecule has 0 aliphatic rings. The van der Waals surface area contributed by atoms with E-state index in [1.807, 2.05) is 0 Å². The SMILES string of the molecule is CO[Si](OC)C(C)(C)C(=O)O. The van der Waals surface area contributed by atoms with Crippen molar-refractivity contribution in [2.45, 2.75) is 18.9 Å². The van der Waals surface area contributed by atoms with Gasteiger partial charge in [-0.15, -0.1) is 0 Å². The Hall–Kier alpha value is -0.393. The van der Waals surface area contributed by atoms with E-state index < -0.39 is 20.3 Å². The van der Waals surface area contributed by atoms with Crippen molar-refractivity contribution in [2.24, 2.45) is 0 Å². The second-order valence-corrected chi connectivity index (χ2v) is 5.27. The fourth-order valence-corrected chi connectivity index (χ4v) is 2.04. The molecular formula is C6H13O4Si. The molecule has 0 aromatic rings. The first-order valence-corrected chi connectivity index (χ1v) is 4.47. The van der Waals surface area contributed by atoms with E-state index in [9.17, 15) is 4.79 Å². The van der Waals surface area contributed by atoms with E-state index >= 15 is 0 Å². The minimum Gasteiger partial charge on any atom is -0.481 e. The first-order valence-electron chi connectivity index (χ1n) is 3.15. The summed E-state index contributed by atoms with van der Waals surface area (Å²) in [4.78, 5) is 10.6. The van der Waals surface area contributed by atoms with Crippen molar-refractivity contribution < 1.29 is 18.8 Å². The lowest BCUT2D eigenvalue weighted by Gasteiger charge is -2.23. The maximum Gasteiger partial charge on any atom is 0.402 e. The summed E-state index contributed by atoms with van der Waals surface area (Å²) in [6, 6.07) is 0. The van der Waals surface area contributed by atoms with Crippen molar-refractivity contribution in [1.82, 2.24) is 0 Å². The van der Waals surface area contributed by atoms with Gasteiger partial charge < -0.3 is 14.0 Å². The van der Waals surface area contributed by atoms with Gasteiger partial charge in [0.25, 0.3) is 0 Å². The van der Waals surface area contributed by atoms with Gasteiger partial charge in [-0.05, 0) is 13.8 Å². The summed E-state index contributed by atoms with van der Waals surface area (Å²) in [5, 5.41) is 7.83. The molecule has 0 aliphatic carbocycles. The van der Waals surface area contributed by atoms with Crippen LogP contribution in [-0.4, -0.2) is 34.6 Å². The highest BCUT2D eigenvalue weighted by Crippen LogP contribution is 2.28. The predicted octanol–water partition coefficient (Wildman–Crippen LogP) is 0.632. The molecule has 0 fully saturated rings. The van der Waals surface area contributed by atoms with E-state index in [1.54, 1.807) is 13.8 Å². The van der Waals surface area contributed by atoms with Gasteiger partial charge in [0.05, 0.1) is 0 Å². The summed E-state index contributed by atoms with van der Waals surface area (Å²) in [5.74, 6) is -0.893. The minimum absolute atomic E-state index is 0.893. The van der Waals surface area contributed by atoms with Gasteiger partial charge in [0.1, 0.15) is 5.04 Å². The zero-order chi connectivity index (χ0) is 9.07. The predicted molar refractivity (Wildman–Crippen MR) is 41.4 cm³/mol. The molecule has 0 heterocycles. The Labute approximate surface area is 68.0 Å². The topological polar surface area (TPSA) is 55.8 Å². The summed E-state index contributed by atoms with van der Waals surface area (Å²) in [6.07, 6.45) is 0. The van der Waals surface area contributed by atoms with Gasteiger partial charge in [0, 0.05) is 14.2 Å². The molecule has 1 N–H and O–H groups in total. The van der Waals surface area contributed by atoms with E-state index in [1.165, 1.54) is 14.2 Å². The van der Waals surface area contributed by atoms with Gasteiger partial charge in [0.15, 0.2) is 0 Å².